The molecule has 0 radical (unpaired) electrons. The summed E-state index contributed by atoms with van der Waals surface area (Å²) in [4.78, 5) is 10.8. The zero-order valence-corrected chi connectivity index (χ0v) is 11.2. The Labute approximate surface area is 103 Å². The molecule has 0 aliphatic heterocycles. The van der Waals surface area contributed by atoms with E-state index in [0.29, 0.717) is 12.5 Å². The Kier molecular flexibility index (Phi) is 5.69. The van der Waals surface area contributed by atoms with Gasteiger partial charge in [-0.15, -0.1) is 0 Å². The summed E-state index contributed by atoms with van der Waals surface area (Å²) in [5, 5.41) is 3.01. The predicted octanol–water partition coefficient (Wildman–Crippen LogP) is 1.41. The molecule has 1 heterocycles. The van der Waals surface area contributed by atoms with Crippen LogP contribution >= 0.6 is 0 Å². The van der Waals surface area contributed by atoms with Crippen LogP contribution in [-0.4, -0.2) is 49.2 Å². The highest BCUT2D eigenvalue weighted by Crippen LogP contribution is 2.13. The second-order valence-electron chi connectivity index (χ2n) is 4.12. The molecule has 17 heavy (non-hydrogen) atoms. The lowest BCUT2D eigenvalue weighted by atomic mass is 10.4. The highest BCUT2D eigenvalue weighted by molar-refractivity contribution is 5.37. The number of ether oxygens (including phenoxy) is 1. The Morgan fingerprint density at radius 2 is 2.12 bits per heavy atom. The van der Waals surface area contributed by atoms with Gasteiger partial charge in [0.25, 0.3) is 0 Å². The summed E-state index contributed by atoms with van der Waals surface area (Å²) in [6.45, 7) is 3.73. The molecule has 0 saturated heterocycles. The van der Waals surface area contributed by atoms with Crippen LogP contribution in [0.25, 0.3) is 0 Å². The summed E-state index contributed by atoms with van der Waals surface area (Å²) >= 11 is 0. The quantitative estimate of drug-likeness (QED) is 0.728. The fourth-order valence-electron chi connectivity index (χ4n) is 1.39. The van der Waals surface area contributed by atoms with Gasteiger partial charge in [-0.3, -0.25) is 0 Å². The predicted molar refractivity (Wildman–Crippen MR) is 69.6 cm³/mol. The topological polar surface area (TPSA) is 50.3 Å². The number of nitrogens with one attached hydrogen (secondary N) is 1. The summed E-state index contributed by atoms with van der Waals surface area (Å²) in [5.41, 5.74) is 0. The van der Waals surface area contributed by atoms with Crippen molar-refractivity contribution >= 4 is 5.82 Å². The molecule has 0 atom stereocenters. The highest BCUT2D eigenvalue weighted by Gasteiger charge is 2.03. The zero-order valence-electron chi connectivity index (χ0n) is 11.2. The number of anilines is 1. The molecule has 0 spiro atoms. The lowest BCUT2D eigenvalue weighted by molar-refractivity contribution is 0.272. The standard InChI is InChI=1S/C12H22N4O/c1-5-10-14-11(13-2)9-12(15-10)17-8-6-7-16(3)4/h9H,5-8H2,1-4H3,(H,13,14,15). The average Bonchev–Trinajstić information content (AvgIpc) is 2.34. The first-order valence-corrected chi connectivity index (χ1v) is 5.99. The van der Waals surface area contributed by atoms with Crippen LogP contribution in [0, 0.1) is 0 Å². The molecule has 0 fully saturated rings. The minimum atomic E-state index is 0.653. The van der Waals surface area contributed by atoms with Gasteiger partial charge in [-0.1, -0.05) is 6.92 Å². The maximum Gasteiger partial charge on any atom is 0.218 e. The first-order chi connectivity index (χ1) is 8.15. The van der Waals surface area contributed by atoms with Crippen LogP contribution in [-0.2, 0) is 6.42 Å². The Morgan fingerprint density at radius 3 is 2.71 bits per heavy atom. The maximum atomic E-state index is 5.62. The van der Waals surface area contributed by atoms with Crippen molar-refractivity contribution in [1.82, 2.24) is 14.9 Å². The van der Waals surface area contributed by atoms with E-state index in [1.165, 1.54) is 0 Å². The molecule has 0 aliphatic carbocycles. The van der Waals surface area contributed by atoms with E-state index in [9.17, 15) is 0 Å². The molecule has 0 aliphatic rings. The van der Waals surface area contributed by atoms with Gasteiger partial charge in [-0.2, -0.15) is 4.98 Å². The van der Waals surface area contributed by atoms with Gasteiger partial charge in [-0.25, -0.2) is 4.98 Å². The summed E-state index contributed by atoms with van der Waals surface area (Å²) in [7, 11) is 5.95. The van der Waals surface area contributed by atoms with Gasteiger partial charge >= 0.3 is 0 Å². The highest BCUT2D eigenvalue weighted by atomic mass is 16.5. The lowest BCUT2D eigenvalue weighted by Gasteiger charge is -2.11. The number of aromatic nitrogens is 2. The van der Waals surface area contributed by atoms with E-state index in [1.54, 1.807) is 0 Å². The van der Waals surface area contributed by atoms with Crippen LogP contribution in [0.3, 0.4) is 0 Å². The molecule has 96 valence electrons. The Bertz CT molecular complexity index is 319. The number of hydrogen-bond acceptors (Lipinski definition) is 5. The van der Waals surface area contributed by atoms with Gasteiger partial charge in [0, 0.05) is 26.1 Å². The Balaban J connectivity index is 2.51. The van der Waals surface area contributed by atoms with Crippen molar-refractivity contribution in [2.45, 2.75) is 19.8 Å². The van der Waals surface area contributed by atoms with Gasteiger partial charge in [0.2, 0.25) is 5.88 Å². The van der Waals surface area contributed by atoms with E-state index in [0.717, 1.165) is 31.0 Å². The van der Waals surface area contributed by atoms with Crippen molar-refractivity contribution in [3.05, 3.63) is 11.9 Å². The van der Waals surface area contributed by atoms with Crippen molar-refractivity contribution in [2.24, 2.45) is 0 Å². The fourth-order valence-corrected chi connectivity index (χ4v) is 1.39. The van der Waals surface area contributed by atoms with E-state index in [-0.39, 0.29) is 0 Å². The number of nitrogens with zero attached hydrogens (tertiary/aromatic N) is 3. The second kappa shape index (κ2) is 7.06. The number of hydrogen-bond donors (Lipinski definition) is 1. The van der Waals surface area contributed by atoms with E-state index in [1.807, 2.05) is 20.0 Å². The van der Waals surface area contributed by atoms with E-state index in [2.05, 4.69) is 34.3 Å². The molecular formula is C12H22N4O. The average molecular weight is 238 g/mol. The summed E-state index contributed by atoms with van der Waals surface area (Å²) in [6.07, 6.45) is 1.80. The molecule has 1 aromatic rings. The van der Waals surface area contributed by atoms with Gasteiger partial charge in [-0.05, 0) is 20.5 Å². The summed E-state index contributed by atoms with van der Waals surface area (Å²) in [5.74, 6) is 2.26. The van der Waals surface area contributed by atoms with Crippen LogP contribution in [0.1, 0.15) is 19.2 Å². The van der Waals surface area contributed by atoms with E-state index in [4.69, 9.17) is 4.74 Å². The maximum absolute atomic E-state index is 5.62. The fraction of sp³-hybridized carbons (Fsp3) is 0.667. The Hall–Kier alpha value is -1.36. The largest absolute Gasteiger partial charge is 0.477 e. The first-order valence-electron chi connectivity index (χ1n) is 5.99. The van der Waals surface area contributed by atoms with Crippen molar-refractivity contribution in [1.29, 1.82) is 0 Å². The van der Waals surface area contributed by atoms with Gasteiger partial charge in [0.1, 0.15) is 11.6 Å². The van der Waals surface area contributed by atoms with Crippen LogP contribution < -0.4 is 10.1 Å². The van der Waals surface area contributed by atoms with Crippen molar-refractivity contribution in [3.63, 3.8) is 0 Å². The Morgan fingerprint density at radius 1 is 1.35 bits per heavy atom. The molecule has 0 saturated carbocycles. The molecule has 0 unspecified atom stereocenters. The van der Waals surface area contributed by atoms with Crippen LogP contribution in [0.15, 0.2) is 6.07 Å². The minimum absolute atomic E-state index is 0.653. The zero-order chi connectivity index (χ0) is 12.7. The second-order valence-corrected chi connectivity index (χ2v) is 4.12. The van der Waals surface area contributed by atoms with Gasteiger partial charge in [0.15, 0.2) is 0 Å². The smallest absolute Gasteiger partial charge is 0.218 e. The summed E-state index contributed by atoms with van der Waals surface area (Å²) < 4.78 is 5.62. The third kappa shape index (κ3) is 4.99. The van der Waals surface area contributed by atoms with E-state index >= 15 is 0 Å². The SMILES string of the molecule is CCc1nc(NC)cc(OCCCN(C)C)n1. The number of aryl methyl sites for hydroxylation is 1. The van der Waals surface area contributed by atoms with Gasteiger partial charge in [0.05, 0.1) is 6.61 Å². The molecule has 0 aromatic carbocycles. The normalized spacial score (nSPS) is 10.6. The molecular weight excluding hydrogens is 216 g/mol. The van der Waals surface area contributed by atoms with Gasteiger partial charge < -0.3 is 15.0 Å². The molecule has 1 aromatic heterocycles. The minimum Gasteiger partial charge on any atom is -0.477 e. The van der Waals surface area contributed by atoms with Crippen LogP contribution in [0.4, 0.5) is 5.82 Å². The first kappa shape index (κ1) is 13.7. The van der Waals surface area contributed by atoms with Crippen molar-refractivity contribution < 1.29 is 4.74 Å². The number of rotatable bonds is 7. The van der Waals surface area contributed by atoms with Crippen LogP contribution in [0.5, 0.6) is 5.88 Å². The summed E-state index contributed by atoms with van der Waals surface area (Å²) in [6, 6.07) is 1.83. The monoisotopic (exact) mass is 238 g/mol. The van der Waals surface area contributed by atoms with Crippen molar-refractivity contribution in [2.75, 3.05) is 39.6 Å². The van der Waals surface area contributed by atoms with E-state index < -0.39 is 0 Å². The molecule has 1 rings (SSSR count). The lowest BCUT2D eigenvalue weighted by Crippen LogP contribution is -2.16. The molecule has 5 heteroatoms. The molecule has 0 bridgehead atoms. The van der Waals surface area contributed by atoms with Crippen molar-refractivity contribution in [3.8, 4) is 5.88 Å². The van der Waals surface area contributed by atoms with Crippen LogP contribution in [0.2, 0.25) is 0 Å². The molecule has 5 nitrogen and oxygen atoms in total. The third-order valence-corrected chi connectivity index (χ3v) is 2.32. The third-order valence-electron chi connectivity index (χ3n) is 2.32. The molecule has 0 amide bonds. The molecule has 1 N–H and O–H groups in total.